The number of nitrogens with one attached hydrogen (secondary N) is 2. The molecule has 2 amide bonds. The molecule has 3 rings (SSSR count). The zero-order valence-electron chi connectivity index (χ0n) is 16.3. The molecule has 0 bridgehead atoms. The Hall–Kier alpha value is -3.20. The van der Waals surface area contributed by atoms with E-state index in [1.54, 1.807) is 12.1 Å². The van der Waals surface area contributed by atoms with Gasteiger partial charge in [0.15, 0.2) is 16.2 Å². The third-order valence-corrected chi connectivity index (χ3v) is 5.85. The van der Waals surface area contributed by atoms with Gasteiger partial charge >= 0.3 is 5.97 Å². The first-order chi connectivity index (χ1) is 13.8. The smallest absolute Gasteiger partial charge is 0.340 e. The first-order valence-corrected chi connectivity index (χ1v) is 9.41. The molecule has 0 aliphatic carbocycles. The molecule has 0 saturated heterocycles. The second-order valence-electron chi connectivity index (χ2n) is 6.28. The van der Waals surface area contributed by atoms with Crippen molar-refractivity contribution in [3.05, 3.63) is 42.0 Å². The van der Waals surface area contributed by atoms with E-state index in [2.05, 4.69) is 10.6 Å². The second kappa shape index (κ2) is 8.04. The van der Waals surface area contributed by atoms with Crippen LogP contribution in [0.5, 0.6) is 11.5 Å². The molecule has 2 N–H and O–H groups in total. The van der Waals surface area contributed by atoms with Gasteiger partial charge in [-0.1, -0.05) is 23.9 Å². The summed E-state index contributed by atoms with van der Waals surface area (Å²) >= 11 is 1.14. The molecule has 0 radical (unpaired) electrons. The molecule has 152 valence electrons. The molecule has 1 aliphatic rings. The van der Waals surface area contributed by atoms with Gasteiger partial charge in [0.2, 0.25) is 11.8 Å². The minimum absolute atomic E-state index is 0.0729. The lowest BCUT2D eigenvalue weighted by molar-refractivity contribution is -0.126. The number of anilines is 2. The molecule has 0 fully saturated rings. The number of carbonyl (C=O) groups is 3. The number of para-hydroxylation sites is 1. The number of ether oxygens (including phenoxy) is 3. The number of hydrogen-bond acceptors (Lipinski definition) is 7. The van der Waals surface area contributed by atoms with Crippen molar-refractivity contribution in [3.8, 4) is 11.5 Å². The second-order valence-corrected chi connectivity index (χ2v) is 7.74. The predicted octanol–water partition coefficient (Wildman–Crippen LogP) is 2.93. The summed E-state index contributed by atoms with van der Waals surface area (Å²) in [5.41, 5.74) is 0.867. The number of hydrogen-bond donors (Lipinski definition) is 2. The van der Waals surface area contributed by atoms with Gasteiger partial charge in [0, 0.05) is 17.0 Å². The van der Waals surface area contributed by atoms with Gasteiger partial charge in [-0.25, -0.2) is 4.79 Å². The molecule has 9 heteroatoms. The highest BCUT2D eigenvalue weighted by molar-refractivity contribution is 8.02. The Morgan fingerprint density at radius 2 is 1.72 bits per heavy atom. The summed E-state index contributed by atoms with van der Waals surface area (Å²) in [5.74, 6) is -1.11. The maximum absolute atomic E-state index is 13.1. The summed E-state index contributed by atoms with van der Waals surface area (Å²) in [6.07, 6.45) is 0. The van der Waals surface area contributed by atoms with Crippen LogP contribution in [0.15, 0.2) is 41.3 Å². The van der Waals surface area contributed by atoms with Crippen molar-refractivity contribution in [2.75, 3.05) is 32.0 Å². The number of fused-ring (bicyclic) bond motifs is 1. The van der Waals surface area contributed by atoms with Crippen LogP contribution in [-0.4, -0.2) is 43.9 Å². The third kappa shape index (κ3) is 3.73. The minimum Gasteiger partial charge on any atom is -0.493 e. The summed E-state index contributed by atoms with van der Waals surface area (Å²) in [7, 11) is 4.09. The lowest BCUT2D eigenvalue weighted by atomic mass is 10.1. The van der Waals surface area contributed by atoms with Crippen LogP contribution in [0.2, 0.25) is 0 Å². The number of esters is 1. The molecule has 0 spiro atoms. The van der Waals surface area contributed by atoms with Crippen molar-refractivity contribution in [2.45, 2.75) is 16.6 Å². The molecule has 2 aromatic rings. The van der Waals surface area contributed by atoms with Gasteiger partial charge in [-0.15, -0.1) is 0 Å². The van der Waals surface area contributed by atoms with Gasteiger partial charge in [-0.2, -0.15) is 0 Å². The Morgan fingerprint density at radius 3 is 2.38 bits per heavy atom. The van der Waals surface area contributed by atoms with Gasteiger partial charge in [-0.3, -0.25) is 9.59 Å². The Bertz CT molecular complexity index is 993. The van der Waals surface area contributed by atoms with E-state index in [-0.39, 0.29) is 11.3 Å². The van der Waals surface area contributed by atoms with Crippen molar-refractivity contribution in [2.24, 2.45) is 0 Å². The maximum Gasteiger partial charge on any atom is 0.340 e. The number of rotatable bonds is 5. The zero-order valence-corrected chi connectivity index (χ0v) is 17.1. The summed E-state index contributed by atoms with van der Waals surface area (Å²) in [6.45, 7) is 1.52. The quantitative estimate of drug-likeness (QED) is 0.571. The summed E-state index contributed by atoms with van der Waals surface area (Å²) in [6, 6.07) is 10.1. The molecule has 8 nitrogen and oxygen atoms in total. The van der Waals surface area contributed by atoms with Crippen LogP contribution >= 0.6 is 11.8 Å². The van der Waals surface area contributed by atoms with Crippen LogP contribution < -0.4 is 20.1 Å². The van der Waals surface area contributed by atoms with E-state index >= 15 is 0 Å². The molecule has 2 aromatic carbocycles. The highest BCUT2D eigenvalue weighted by atomic mass is 32.2. The first kappa shape index (κ1) is 20.5. The fraction of sp³-hybridized carbons (Fsp3) is 0.250. The molecular weight excluding hydrogens is 396 g/mol. The molecule has 29 heavy (non-hydrogen) atoms. The number of thioether (sulfide) groups is 1. The molecule has 0 aromatic heterocycles. The van der Waals surface area contributed by atoms with E-state index in [9.17, 15) is 14.4 Å². The van der Waals surface area contributed by atoms with E-state index in [1.165, 1.54) is 40.4 Å². The predicted molar refractivity (Wildman–Crippen MR) is 109 cm³/mol. The summed E-state index contributed by atoms with van der Waals surface area (Å²) < 4.78 is 13.8. The monoisotopic (exact) mass is 416 g/mol. The van der Waals surface area contributed by atoms with Crippen LogP contribution in [0.4, 0.5) is 11.4 Å². The zero-order chi connectivity index (χ0) is 21.2. The molecule has 0 saturated carbocycles. The van der Waals surface area contributed by atoms with Crippen molar-refractivity contribution in [1.29, 1.82) is 0 Å². The highest BCUT2D eigenvalue weighted by Crippen LogP contribution is 2.43. The van der Waals surface area contributed by atoms with Crippen LogP contribution in [-0.2, 0) is 14.3 Å². The van der Waals surface area contributed by atoms with Crippen LogP contribution in [0.25, 0.3) is 0 Å². The topological polar surface area (TPSA) is 103 Å². The third-order valence-electron chi connectivity index (χ3n) is 4.49. The SMILES string of the molecule is COC(=O)c1cc(OC)c(OC)cc1NC(=O)C1(C)Sc2ccccc2NC1=O. The summed E-state index contributed by atoms with van der Waals surface area (Å²) in [4.78, 5) is 38.8. The largest absolute Gasteiger partial charge is 0.493 e. The number of methoxy groups -OCH3 is 3. The van der Waals surface area contributed by atoms with Crippen molar-refractivity contribution < 1.29 is 28.6 Å². The number of amides is 2. The van der Waals surface area contributed by atoms with Gasteiger partial charge < -0.3 is 24.8 Å². The van der Waals surface area contributed by atoms with Gasteiger partial charge in [0.25, 0.3) is 0 Å². The van der Waals surface area contributed by atoms with Crippen molar-refractivity contribution >= 4 is 40.9 Å². The molecule has 1 heterocycles. The molecule has 1 unspecified atom stereocenters. The van der Waals surface area contributed by atoms with Crippen LogP contribution in [0.3, 0.4) is 0 Å². The molecular formula is C20H20N2O6S. The highest BCUT2D eigenvalue weighted by Gasteiger charge is 2.46. The van der Waals surface area contributed by atoms with Gasteiger partial charge in [0.1, 0.15) is 0 Å². The average Bonchev–Trinajstić information content (AvgIpc) is 2.73. The number of benzene rings is 2. The molecule has 1 aliphatic heterocycles. The van der Waals surface area contributed by atoms with E-state index in [4.69, 9.17) is 14.2 Å². The van der Waals surface area contributed by atoms with E-state index in [0.29, 0.717) is 17.2 Å². The van der Waals surface area contributed by atoms with Crippen LogP contribution in [0.1, 0.15) is 17.3 Å². The normalized spacial score (nSPS) is 17.6. The van der Waals surface area contributed by atoms with Crippen molar-refractivity contribution in [1.82, 2.24) is 0 Å². The Balaban J connectivity index is 1.98. The van der Waals surface area contributed by atoms with Gasteiger partial charge in [-0.05, 0) is 19.1 Å². The Kier molecular flexibility index (Phi) is 5.69. The van der Waals surface area contributed by atoms with E-state index in [1.807, 2.05) is 12.1 Å². The Morgan fingerprint density at radius 1 is 1.07 bits per heavy atom. The van der Waals surface area contributed by atoms with Crippen LogP contribution in [0, 0.1) is 0 Å². The first-order valence-electron chi connectivity index (χ1n) is 8.59. The van der Waals surface area contributed by atoms with E-state index < -0.39 is 22.5 Å². The standard InChI is InChI=1S/C20H20N2O6S/c1-20(18(24)21-12-7-5-6-8-16(12)29-20)19(25)22-13-10-15(27-3)14(26-2)9-11(13)17(23)28-4/h5-10H,1-4H3,(H,21,24)(H,22,25). The fourth-order valence-corrected chi connectivity index (χ4v) is 3.92. The summed E-state index contributed by atoms with van der Waals surface area (Å²) in [5, 5.41) is 5.42. The van der Waals surface area contributed by atoms with E-state index in [0.717, 1.165) is 16.7 Å². The number of carbonyl (C=O) groups excluding carboxylic acids is 3. The Labute approximate surface area is 171 Å². The van der Waals surface area contributed by atoms with Gasteiger partial charge in [0.05, 0.1) is 38.3 Å². The lowest BCUT2D eigenvalue weighted by Gasteiger charge is -2.32. The average molecular weight is 416 g/mol. The maximum atomic E-state index is 13.1. The van der Waals surface area contributed by atoms with Crippen molar-refractivity contribution in [3.63, 3.8) is 0 Å². The fourth-order valence-electron chi connectivity index (χ4n) is 2.82. The molecule has 1 atom stereocenters. The minimum atomic E-state index is -1.45. The lowest BCUT2D eigenvalue weighted by Crippen LogP contribution is -2.49.